The normalized spacial score (nSPS) is 12.2. The summed E-state index contributed by atoms with van der Waals surface area (Å²) < 4.78 is 0. The summed E-state index contributed by atoms with van der Waals surface area (Å²) in [5.74, 6) is 0.0383. The lowest BCUT2D eigenvalue weighted by molar-refractivity contribution is -0.385. The highest BCUT2D eigenvalue weighted by molar-refractivity contribution is 6.29. The zero-order valence-corrected chi connectivity index (χ0v) is 12.5. The number of nitrogens with one attached hydrogen (secondary N) is 1. The molecular weight excluding hydrogens is 282 g/mol. The second-order valence-electron chi connectivity index (χ2n) is 5.13. The molecule has 0 aliphatic heterocycles. The van der Waals surface area contributed by atoms with Crippen molar-refractivity contribution in [3.05, 3.63) is 33.1 Å². The number of pyridine rings is 1. The molecule has 0 spiro atoms. The van der Waals surface area contributed by atoms with Gasteiger partial charge in [-0.25, -0.2) is 4.98 Å². The SMILES string of the molecule is CC(C)CCC(C)NC(=O)c1cc(Cl)ncc1[N+](=O)[O-]. The van der Waals surface area contributed by atoms with Gasteiger partial charge in [0.2, 0.25) is 0 Å². The summed E-state index contributed by atoms with van der Waals surface area (Å²) in [6.45, 7) is 6.07. The number of carbonyl (C=O) groups is 1. The molecule has 0 aliphatic carbocycles. The highest BCUT2D eigenvalue weighted by atomic mass is 35.5. The fourth-order valence-corrected chi connectivity index (χ4v) is 1.86. The van der Waals surface area contributed by atoms with Gasteiger partial charge in [0, 0.05) is 6.04 Å². The van der Waals surface area contributed by atoms with Gasteiger partial charge in [-0.1, -0.05) is 25.4 Å². The summed E-state index contributed by atoms with van der Waals surface area (Å²) in [6.07, 6.45) is 2.78. The molecule has 0 radical (unpaired) electrons. The molecule has 6 nitrogen and oxygen atoms in total. The molecule has 1 aromatic heterocycles. The summed E-state index contributed by atoms with van der Waals surface area (Å²) in [5.41, 5.74) is -0.408. The molecule has 20 heavy (non-hydrogen) atoms. The van der Waals surface area contributed by atoms with Crippen LogP contribution in [0.5, 0.6) is 0 Å². The van der Waals surface area contributed by atoms with Crippen molar-refractivity contribution in [2.24, 2.45) is 5.92 Å². The monoisotopic (exact) mass is 299 g/mol. The van der Waals surface area contributed by atoms with Gasteiger partial charge in [-0.15, -0.1) is 0 Å². The van der Waals surface area contributed by atoms with Crippen LogP contribution in [0.2, 0.25) is 5.15 Å². The van der Waals surface area contributed by atoms with E-state index in [1.807, 2.05) is 6.92 Å². The van der Waals surface area contributed by atoms with Crippen molar-refractivity contribution in [1.82, 2.24) is 10.3 Å². The van der Waals surface area contributed by atoms with E-state index < -0.39 is 10.8 Å². The molecule has 0 aromatic carbocycles. The fraction of sp³-hybridized carbons (Fsp3) is 0.538. The third-order valence-electron chi connectivity index (χ3n) is 2.85. The number of halogens is 1. The van der Waals surface area contributed by atoms with E-state index in [1.54, 1.807) is 0 Å². The predicted octanol–water partition coefficient (Wildman–Crippen LogP) is 3.20. The first-order chi connectivity index (χ1) is 9.31. The molecule has 1 N–H and O–H groups in total. The van der Waals surface area contributed by atoms with E-state index in [2.05, 4.69) is 24.1 Å². The highest BCUT2D eigenvalue weighted by Gasteiger charge is 2.22. The van der Waals surface area contributed by atoms with Crippen molar-refractivity contribution in [2.75, 3.05) is 0 Å². The highest BCUT2D eigenvalue weighted by Crippen LogP contribution is 2.20. The van der Waals surface area contributed by atoms with Gasteiger partial charge in [0.05, 0.1) is 4.92 Å². The standard InChI is InChI=1S/C13H18ClN3O3/c1-8(2)4-5-9(3)16-13(18)10-6-12(14)15-7-11(10)17(19)20/h6-9H,4-5H2,1-3H3,(H,16,18). The topological polar surface area (TPSA) is 85.1 Å². The van der Waals surface area contributed by atoms with Crippen LogP contribution in [0.4, 0.5) is 5.69 Å². The lowest BCUT2D eigenvalue weighted by atomic mass is 10.0. The lowest BCUT2D eigenvalue weighted by Crippen LogP contribution is -2.33. The summed E-state index contributed by atoms with van der Waals surface area (Å²) >= 11 is 5.69. The lowest BCUT2D eigenvalue weighted by Gasteiger charge is -2.15. The van der Waals surface area contributed by atoms with E-state index in [-0.39, 0.29) is 22.4 Å². The molecule has 1 rings (SSSR count). The Labute approximate surface area is 122 Å². The summed E-state index contributed by atoms with van der Waals surface area (Å²) in [5, 5.41) is 13.7. The summed E-state index contributed by atoms with van der Waals surface area (Å²) in [6, 6.07) is 1.15. The van der Waals surface area contributed by atoms with E-state index in [9.17, 15) is 14.9 Å². The summed E-state index contributed by atoms with van der Waals surface area (Å²) in [7, 11) is 0. The molecule has 0 fully saturated rings. The molecule has 1 amide bonds. The van der Waals surface area contributed by atoms with Gasteiger partial charge in [-0.05, 0) is 31.7 Å². The Morgan fingerprint density at radius 2 is 2.10 bits per heavy atom. The van der Waals surface area contributed by atoms with E-state index in [1.165, 1.54) is 6.07 Å². The zero-order valence-electron chi connectivity index (χ0n) is 11.7. The number of carbonyl (C=O) groups excluding carboxylic acids is 1. The van der Waals surface area contributed by atoms with Gasteiger partial charge in [0.25, 0.3) is 11.6 Å². The number of nitro groups is 1. The van der Waals surface area contributed by atoms with Crippen molar-refractivity contribution in [3.63, 3.8) is 0 Å². The first-order valence-corrected chi connectivity index (χ1v) is 6.79. The molecular formula is C13H18ClN3O3. The van der Waals surface area contributed by atoms with Crippen LogP contribution in [0, 0.1) is 16.0 Å². The largest absolute Gasteiger partial charge is 0.349 e. The first-order valence-electron chi connectivity index (χ1n) is 6.42. The van der Waals surface area contributed by atoms with Gasteiger partial charge in [0.15, 0.2) is 0 Å². The second kappa shape index (κ2) is 7.19. The Bertz CT molecular complexity index is 506. The van der Waals surface area contributed by atoms with Crippen molar-refractivity contribution in [2.45, 2.75) is 39.7 Å². The van der Waals surface area contributed by atoms with Gasteiger partial charge in [0.1, 0.15) is 16.9 Å². The number of hydrogen-bond donors (Lipinski definition) is 1. The molecule has 1 aromatic rings. The van der Waals surface area contributed by atoms with Crippen LogP contribution in [0.3, 0.4) is 0 Å². The number of amides is 1. The first kappa shape index (κ1) is 16.4. The van der Waals surface area contributed by atoms with Crippen molar-refractivity contribution in [3.8, 4) is 0 Å². The van der Waals surface area contributed by atoms with Crippen LogP contribution in [0.15, 0.2) is 12.3 Å². The van der Waals surface area contributed by atoms with Gasteiger partial charge in [-0.3, -0.25) is 14.9 Å². The Morgan fingerprint density at radius 3 is 2.65 bits per heavy atom. The molecule has 7 heteroatoms. The van der Waals surface area contributed by atoms with Gasteiger partial charge < -0.3 is 5.32 Å². The van der Waals surface area contributed by atoms with Gasteiger partial charge in [-0.2, -0.15) is 0 Å². The van der Waals surface area contributed by atoms with Gasteiger partial charge >= 0.3 is 0 Å². The molecule has 1 atom stereocenters. The average molecular weight is 300 g/mol. The smallest absolute Gasteiger partial charge is 0.300 e. The minimum atomic E-state index is -0.642. The number of rotatable bonds is 6. The molecule has 110 valence electrons. The van der Waals surface area contributed by atoms with Crippen molar-refractivity contribution >= 4 is 23.2 Å². The number of nitrogens with zero attached hydrogens (tertiary/aromatic N) is 2. The van der Waals surface area contributed by atoms with Crippen LogP contribution in [0.25, 0.3) is 0 Å². The Kier molecular flexibility index (Phi) is 5.88. The van der Waals surface area contributed by atoms with Crippen molar-refractivity contribution < 1.29 is 9.72 Å². The third kappa shape index (κ3) is 4.77. The fourth-order valence-electron chi connectivity index (χ4n) is 1.71. The molecule has 1 unspecified atom stereocenters. The number of hydrogen-bond acceptors (Lipinski definition) is 4. The maximum Gasteiger partial charge on any atom is 0.300 e. The molecule has 0 saturated heterocycles. The van der Waals surface area contributed by atoms with E-state index >= 15 is 0 Å². The quantitative estimate of drug-likeness (QED) is 0.496. The van der Waals surface area contributed by atoms with E-state index in [0.29, 0.717) is 5.92 Å². The van der Waals surface area contributed by atoms with E-state index in [4.69, 9.17) is 11.6 Å². The molecule has 0 aliphatic rings. The van der Waals surface area contributed by atoms with Crippen LogP contribution in [-0.4, -0.2) is 21.9 Å². The number of aromatic nitrogens is 1. The molecule has 1 heterocycles. The Morgan fingerprint density at radius 1 is 1.45 bits per heavy atom. The molecule has 0 saturated carbocycles. The summed E-state index contributed by atoms with van der Waals surface area (Å²) in [4.78, 5) is 25.9. The molecule has 0 bridgehead atoms. The van der Waals surface area contributed by atoms with Crippen LogP contribution in [0.1, 0.15) is 44.0 Å². The maximum absolute atomic E-state index is 12.1. The Balaban J connectivity index is 2.81. The van der Waals surface area contributed by atoms with Crippen LogP contribution in [-0.2, 0) is 0 Å². The third-order valence-corrected chi connectivity index (χ3v) is 3.05. The maximum atomic E-state index is 12.1. The Hall–Kier alpha value is -1.69. The predicted molar refractivity (Wildman–Crippen MR) is 76.9 cm³/mol. The minimum Gasteiger partial charge on any atom is -0.349 e. The second-order valence-corrected chi connectivity index (χ2v) is 5.51. The van der Waals surface area contributed by atoms with Crippen LogP contribution < -0.4 is 5.32 Å². The van der Waals surface area contributed by atoms with Crippen LogP contribution >= 0.6 is 11.6 Å². The average Bonchev–Trinajstić information content (AvgIpc) is 2.35. The van der Waals surface area contributed by atoms with E-state index in [0.717, 1.165) is 19.0 Å². The minimum absolute atomic E-state index is 0.0515. The van der Waals surface area contributed by atoms with Crippen molar-refractivity contribution in [1.29, 1.82) is 0 Å². The zero-order chi connectivity index (χ0) is 15.3.